The zero-order valence-electron chi connectivity index (χ0n) is 16.7. The largest absolute Gasteiger partial charge is 0.497 e. The Morgan fingerprint density at radius 3 is 2.52 bits per heavy atom. The second-order valence-corrected chi connectivity index (χ2v) is 8.33. The van der Waals surface area contributed by atoms with E-state index in [0.717, 1.165) is 49.1 Å². The molecule has 156 valence electrons. The second-order valence-electron chi connectivity index (χ2n) is 6.77. The van der Waals surface area contributed by atoms with Gasteiger partial charge in [-0.2, -0.15) is 0 Å². The van der Waals surface area contributed by atoms with E-state index in [-0.39, 0.29) is 4.90 Å². The topological polar surface area (TPSA) is 100 Å². The molecule has 0 aromatic heterocycles. The van der Waals surface area contributed by atoms with Gasteiger partial charge in [0, 0.05) is 51.5 Å². The molecule has 8 nitrogen and oxygen atoms in total. The van der Waals surface area contributed by atoms with E-state index in [2.05, 4.69) is 26.2 Å². The number of hydrogen-bond donors (Lipinski definition) is 2. The summed E-state index contributed by atoms with van der Waals surface area (Å²) in [6, 6.07) is 14.7. The lowest BCUT2D eigenvalue weighted by molar-refractivity contribution is 0.372. The van der Waals surface area contributed by atoms with Crippen LogP contribution in [0.4, 0.5) is 5.69 Å². The van der Waals surface area contributed by atoms with Crippen molar-refractivity contribution in [1.82, 2.24) is 10.2 Å². The van der Waals surface area contributed by atoms with E-state index >= 15 is 0 Å². The zero-order valence-corrected chi connectivity index (χ0v) is 17.5. The zero-order chi connectivity index (χ0) is 20.9. The van der Waals surface area contributed by atoms with Crippen molar-refractivity contribution in [1.29, 1.82) is 0 Å². The molecule has 9 heteroatoms. The summed E-state index contributed by atoms with van der Waals surface area (Å²) in [4.78, 5) is 9.00. The Kier molecular flexibility index (Phi) is 6.60. The molecule has 2 aromatic carbocycles. The van der Waals surface area contributed by atoms with Crippen LogP contribution >= 0.6 is 0 Å². The first-order valence-electron chi connectivity index (χ1n) is 9.37. The number of anilines is 1. The quantitative estimate of drug-likeness (QED) is 0.561. The van der Waals surface area contributed by atoms with Gasteiger partial charge in [0.25, 0.3) is 0 Å². The van der Waals surface area contributed by atoms with E-state index in [9.17, 15) is 8.42 Å². The average Bonchev–Trinajstić information content (AvgIpc) is 2.74. The summed E-state index contributed by atoms with van der Waals surface area (Å²) in [6.07, 6.45) is 0. The molecule has 0 bridgehead atoms. The summed E-state index contributed by atoms with van der Waals surface area (Å²) in [5, 5.41) is 8.52. The average molecular weight is 418 g/mol. The van der Waals surface area contributed by atoms with Crippen LogP contribution < -0.4 is 20.1 Å². The van der Waals surface area contributed by atoms with Crippen LogP contribution in [-0.4, -0.2) is 59.6 Å². The van der Waals surface area contributed by atoms with Gasteiger partial charge in [-0.3, -0.25) is 4.99 Å². The molecule has 0 amide bonds. The molecular formula is C20H27N5O3S. The summed E-state index contributed by atoms with van der Waals surface area (Å²) in [5.41, 5.74) is 1.97. The van der Waals surface area contributed by atoms with Crippen molar-refractivity contribution in [3.8, 4) is 5.75 Å². The van der Waals surface area contributed by atoms with Crippen LogP contribution in [0.25, 0.3) is 0 Å². The van der Waals surface area contributed by atoms with Gasteiger partial charge < -0.3 is 19.9 Å². The first-order chi connectivity index (χ1) is 13.9. The highest BCUT2D eigenvalue weighted by molar-refractivity contribution is 7.89. The summed E-state index contributed by atoms with van der Waals surface area (Å²) >= 11 is 0. The highest BCUT2D eigenvalue weighted by Crippen LogP contribution is 2.22. The number of ether oxygens (including phenoxy) is 1. The smallest absolute Gasteiger partial charge is 0.238 e. The molecule has 1 aliphatic heterocycles. The summed E-state index contributed by atoms with van der Waals surface area (Å²) in [5.74, 6) is 1.64. The van der Waals surface area contributed by atoms with Crippen molar-refractivity contribution in [2.45, 2.75) is 11.4 Å². The minimum atomic E-state index is -3.71. The number of guanidine groups is 1. The lowest BCUT2D eigenvalue weighted by atomic mass is 10.2. The van der Waals surface area contributed by atoms with Crippen LogP contribution in [0.5, 0.6) is 5.75 Å². The first kappa shape index (κ1) is 20.9. The molecule has 0 saturated carbocycles. The standard InChI is InChI=1S/C20H27N5O3S/c1-22-20(23-15-16-5-3-8-19(13-16)29(21,26)27)25-11-9-24(10-12-25)17-6-4-7-18(14-17)28-2/h3-8,13-14H,9-12,15H2,1-2H3,(H,22,23)(H2,21,26,27). The fourth-order valence-corrected chi connectivity index (χ4v) is 3.91. The number of nitrogens with zero attached hydrogens (tertiary/aromatic N) is 3. The van der Waals surface area contributed by atoms with Crippen molar-refractivity contribution >= 4 is 21.7 Å². The van der Waals surface area contributed by atoms with Crippen LogP contribution in [0.1, 0.15) is 5.56 Å². The van der Waals surface area contributed by atoms with Gasteiger partial charge in [0.2, 0.25) is 10.0 Å². The van der Waals surface area contributed by atoms with Gasteiger partial charge in [-0.25, -0.2) is 13.6 Å². The first-order valence-corrected chi connectivity index (χ1v) is 10.9. The molecule has 29 heavy (non-hydrogen) atoms. The number of hydrogen-bond acceptors (Lipinski definition) is 5. The van der Waals surface area contributed by atoms with E-state index in [1.807, 2.05) is 24.3 Å². The van der Waals surface area contributed by atoms with Gasteiger partial charge >= 0.3 is 0 Å². The molecule has 0 aliphatic carbocycles. The summed E-state index contributed by atoms with van der Waals surface area (Å²) < 4.78 is 28.4. The Hall–Kier alpha value is -2.78. The molecule has 3 rings (SSSR count). The number of rotatable bonds is 5. The molecule has 0 radical (unpaired) electrons. The van der Waals surface area contributed by atoms with Gasteiger partial charge in [-0.15, -0.1) is 0 Å². The summed E-state index contributed by atoms with van der Waals surface area (Å²) in [7, 11) is -0.291. The SMILES string of the molecule is CN=C(NCc1cccc(S(N)(=O)=O)c1)N1CCN(c2cccc(OC)c2)CC1. The maximum atomic E-state index is 11.5. The molecule has 3 N–H and O–H groups in total. The summed E-state index contributed by atoms with van der Waals surface area (Å²) in [6.45, 7) is 3.86. The van der Waals surface area contributed by atoms with E-state index in [4.69, 9.17) is 9.88 Å². The molecular weight excluding hydrogens is 390 g/mol. The minimum absolute atomic E-state index is 0.110. The highest BCUT2D eigenvalue weighted by Gasteiger charge is 2.20. The second kappa shape index (κ2) is 9.15. The molecule has 1 heterocycles. The maximum Gasteiger partial charge on any atom is 0.238 e. The van der Waals surface area contributed by atoms with Gasteiger partial charge in [-0.1, -0.05) is 18.2 Å². The molecule has 0 unspecified atom stereocenters. The van der Waals surface area contributed by atoms with Crippen LogP contribution in [0.15, 0.2) is 58.4 Å². The van der Waals surface area contributed by atoms with Crippen molar-refractivity contribution in [3.63, 3.8) is 0 Å². The van der Waals surface area contributed by atoms with E-state index in [1.54, 1.807) is 26.3 Å². The van der Waals surface area contributed by atoms with Gasteiger partial charge in [-0.05, 0) is 29.8 Å². The third-order valence-electron chi connectivity index (χ3n) is 4.89. The Bertz CT molecular complexity index is 970. The number of benzene rings is 2. The Labute approximate surface area is 172 Å². The number of sulfonamides is 1. The number of primary sulfonamides is 1. The minimum Gasteiger partial charge on any atom is -0.497 e. The van der Waals surface area contributed by atoms with Gasteiger partial charge in [0.15, 0.2) is 5.96 Å². The van der Waals surface area contributed by atoms with E-state index in [1.165, 1.54) is 6.07 Å². The number of piperazine rings is 1. The monoisotopic (exact) mass is 417 g/mol. The van der Waals surface area contributed by atoms with Crippen LogP contribution in [0, 0.1) is 0 Å². The molecule has 1 aliphatic rings. The maximum absolute atomic E-state index is 11.5. The Morgan fingerprint density at radius 2 is 1.86 bits per heavy atom. The lowest BCUT2D eigenvalue weighted by Gasteiger charge is -2.37. The fourth-order valence-electron chi connectivity index (χ4n) is 3.33. The van der Waals surface area contributed by atoms with Crippen molar-refractivity contribution in [2.24, 2.45) is 10.1 Å². The number of nitrogens with one attached hydrogen (secondary N) is 1. The Balaban J connectivity index is 1.58. The van der Waals surface area contributed by atoms with Gasteiger partial charge in [0.05, 0.1) is 12.0 Å². The molecule has 0 atom stereocenters. The molecule has 1 fully saturated rings. The van der Waals surface area contributed by atoms with Crippen LogP contribution in [-0.2, 0) is 16.6 Å². The Morgan fingerprint density at radius 1 is 1.14 bits per heavy atom. The molecule has 1 saturated heterocycles. The normalized spacial score (nSPS) is 15.3. The van der Waals surface area contributed by atoms with Crippen LogP contribution in [0.2, 0.25) is 0 Å². The van der Waals surface area contributed by atoms with E-state index < -0.39 is 10.0 Å². The third kappa shape index (κ3) is 5.39. The van der Waals surface area contributed by atoms with Crippen molar-refractivity contribution in [2.75, 3.05) is 45.2 Å². The van der Waals surface area contributed by atoms with Gasteiger partial charge in [0.1, 0.15) is 5.75 Å². The number of aliphatic imine (C=N–C) groups is 1. The van der Waals surface area contributed by atoms with Crippen LogP contribution in [0.3, 0.4) is 0 Å². The predicted molar refractivity (Wildman–Crippen MR) is 115 cm³/mol. The van der Waals surface area contributed by atoms with Crippen molar-refractivity contribution in [3.05, 3.63) is 54.1 Å². The predicted octanol–water partition coefficient (Wildman–Crippen LogP) is 1.24. The van der Waals surface area contributed by atoms with E-state index in [0.29, 0.717) is 6.54 Å². The third-order valence-corrected chi connectivity index (χ3v) is 5.80. The number of nitrogens with two attached hydrogens (primary N) is 1. The fraction of sp³-hybridized carbons (Fsp3) is 0.350. The number of methoxy groups -OCH3 is 1. The van der Waals surface area contributed by atoms with Crippen molar-refractivity contribution < 1.29 is 13.2 Å². The highest BCUT2D eigenvalue weighted by atomic mass is 32.2. The molecule has 0 spiro atoms. The lowest BCUT2D eigenvalue weighted by Crippen LogP contribution is -2.52. The molecule has 2 aromatic rings.